The number of hydrogen-bond donors (Lipinski definition) is 2. The lowest BCUT2D eigenvalue weighted by molar-refractivity contribution is -0.141. The van der Waals surface area contributed by atoms with Crippen molar-refractivity contribution in [1.82, 2.24) is 19.9 Å². The molecule has 40 heavy (non-hydrogen) atoms. The molecule has 1 fully saturated rings. The number of anilines is 4. The maximum Gasteiger partial charge on any atom is 0.433 e. The molecule has 214 valence electrons. The standard InChI is InChI=1S/C27H29F6N7/c28-26(29,30)20-7-4-11-35-24(20)40-12-10-19-21(14-18(40)13-16-5-2-1-3-6-16)38-25(34)39-23(19)37-17-8-9-22(36-15-17)27(31,32)33/h4,7-9,11,15-16,18H,1-3,5-6,10,12-14H2,(H3,34,37,38,39). The van der Waals surface area contributed by atoms with E-state index in [1.54, 1.807) is 4.90 Å². The monoisotopic (exact) mass is 565 g/mol. The summed E-state index contributed by atoms with van der Waals surface area (Å²) in [7, 11) is 0. The minimum absolute atomic E-state index is 0.0418. The van der Waals surface area contributed by atoms with Gasteiger partial charge in [-0.2, -0.15) is 31.3 Å². The van der Waals surface area contributed by atoms with Crippen molar-refractivity contribution < 1.29 is 26.3 Å². The van der Waals surface area contributed by atoms with Crippen LogP contribution in [0.3, 0.4) is 0 Å². The van der Waals surface area contributed by atoms with Crippen LogP contribution in [0.4, 0.5) is 49.6 Å². The van der Waals surface area contributed by atoms with Crippen LogP contribution >= 0.6 is 0 Å². The molecule has 0 amide bonds. The molecule has 0 aromatic carbocycles. The Balaban J connectivity index is 1.50. The summed E-state index contributed by atoms with van der Waals surface area (Å²) in [5.74, 6) is 0.501. The van der Waals surface area contributed by atoms with Crippen molar-refractivity contribution in [2.24, 2.45) is 5.92 Å². The van der Waals surface area contributed by atoms with E-state index in [0.29, 0.717) is 35.8 Å². The molecule has 2 aliphatic rings. The summed E-state index contributed by atoms with van der Waals surface area (Å²) in [6.45, 7) is 0.220. The second kappa shape index (κ2) is 11.1. The minimum atomic E-state index is -4.58. The molecule has 7 nitrogen and oxygen atoms in total. The van der Waals surface area contributed by atoms with Crippen LogP contribution in [0.25, 0.3) is 0 Å². The molecule has 0 saturated heterocycles. The predicted molar refractivity (Wildman–Crippen MR) is 138 cm³/mol. The highest BCUT2D eigenvalue weighted by Gasteiger charge is 2.39. The molecule has 13 heteroatoms. The molecule has 4 heterocycles. The number of fused-ring (bicyclic) bond motifs is 1. The molecule has 0 bridgehead atoms. The Morgan fingerprint density at radius 1 is 0.950 bits per heavy atom. The highest BCUT2D eigenvalue weighted by atomic mass is 19.4. The van der Waals surface area contributed by atoms with E-state index >= 15 is 0 Å². The zero-order valence-electron chi connectivity index (χ0n) is 21.6. The van der Waals surface area contributed by atoms with Crippen LogP contribution in [0.5, 0.6) is 0 Å². The van der Waals surface area contributed by atoms with E-state index in [1.807, 2.05) is 0 Å². The van der Waals surface area contributed by atoms with Crippen LogP contribution in [-0.2, 0) is 25.2 Å². The van der Waals surface area contributed by atoms with Gasteiger partial charge in [0.25, 0.3) is 0 Å². The Hall–Kier alpha value is -3.64. The Bertz CT molecular complexity index is 1320. The maximum atomic E-state index is 14.0. The van der Waals surface area contributed by atoms with Crippen molar-refractivity contribution in [2.45, 2.75) is 69.8 Å². The van der Waals surface area contributed by atoms with E-state index < -0.39 is 23.6 Å². The van der Waals surface area contributed by atoms with E-state index in [4.69, 9.17) is 5.73 Å². The Morgan fingerprint density at radius 3 is 2.40 bits per heavy atom. The Morgan fingerprint density at radius 2 is 1.73 bits per heavy atom. The SMILES string of the molecule is Nc1nc2c(c(Nc3ccc(C(F)(F)F)nc3)n1)CCN(c1ncccc1C(F)(F)F)C(CC1CCCCC1)C2. The first kappa shape index (κ1) is 27.9. The average Bonchev–Trinajstić information content (AvgIpc) is 3.07. The van der Waals surface area contributed by atoms with Crippen molar-refractivity contribution in [2.75, 3.05) is 22.5 Å². The molecule has 0 spiro atoms. The zero-order valence-corrected chi connectivity index (χ0v) is 21.6. The summed E-state index contributed by atoms with van der Waals surface area (Å²) in [5.41, 5.74) is 5.70. The predicted octanol–water partition coefficient (Wildman–Crippen LogP) is 6.57. The molecule has 1 aliphatic carbocycles. The van der Waals surface area contributed by atoms with Gasteiger partial charge in [0.05, 0.1) is 23.1 Å². The van der Waals surface area contributed by atoms with Gasteiger partial charge in [0.15, 0.2) is 0 Å². The smallest absolute Gasteiger partial charge is 0.368 e. The van der Waals surface area contributed by atoms with Gasteiger partial charge < -0.3 is 16.0 Å². The number of pyridine rings is 2. The fraction of sp³-hybridized carbons (Fsp3) is 0.481. The number of nitrogens with zero attached hydrogens (tertiary/aromatic N) is 5. The number of nitrogens with two attached hydrogens (primary N) is 1. The number of halogens is 6. The molecule has 3 N–H and O–H groups in total. The van der Waals surface area contributed by atoms with E-state index in [-0.39, 0.29) is 36.5 Å². The fourth-order valence-electron chi connectivity index (χ4n) is 5.75. The number of alkyl halides is 6. The van der Waals surface area contributed by atoms with E-state index in [0.717, 1.165) is 50.4 Å². The third-order valence-corrected chi connectivity index (χ3v) is 7.59. The summed E-state index contributed by atoms with van der Waals surface area (Å²) >= 11 is 0. The summed E-state index contributed by atoms with van der Waals surface area (Å²) in [6.07, 6.45) is -0.0759. The fourth-order valence-corrected chi connectivity index (χ4v) is 5.75. The van der Waals surface area contributed by atoms with Crippen LogP contribution in [-0.4, -0.2) is 32.5 Å². The summed E-state index contributed by atoms with van der Waals surface area (Å²) in [6, 6.07) is 4.10. The van der Waals surface area contributed by atoms with Gasteiger partial charge in [0.2, 0.25) is 5.95 Å². The molecule has 1 unspecified atom stereocenters. The van der Waals surface area contributed by atoms with E-state index in [1.165, 1.54) is 18.3 Å². The second-order valence-electron chi connectivity index (χ2n) is 10.3. The number of rotatable bonds is 5. The summed E-state index contributed by atoms with van der Waals surface area (Å²) in [5, 5.41) is 2.99. The van der Waals surface area contributed by atoms with E-state index in [9.17, 15) is 26.3 Å². The lowest BCUT2D eigenvalue weighted by Crippen LogP contribution is -2.40. The van der Waals surface area contributed by atoms with Gasteiger partial charge in [-0.05, 0) is 43.0 Å². The molecular weight excluding hydrogens is 536 g/mol. The van der Waals surface area contributed by atoms with Crippen molar-refractivity contribution in [3.8, 4) is 0 Å². The van der Waals surface area contributed by atoms with Gasteiger partial charge in [-0.1, -0.05) is 32.1 Å². The van der Waals surface area contributed by atoms with E-state index in [2.05, 4.69) is 25.3 Å². The van der Waals surface area contributed by atoms with Gasteiger partial charge in [0, 0.05) is 30.8 Å². The van der Waals surface area contributed by atoms with Crippen molar-refractivity contribution >= 4 is 23.3 Å². The minimum Gasteiger partial charge on any atom is -0.368 e. The Kier molecular flexibility index (Phi) is 7.74. The maximum absolute atomic E-state index is 14.0. The lowest BCUT2D eigenvalue weighted by Gasteiger charge is -2.35. The highest BCUT2D eigenvalue weighted by Crippen LogP contribution is 2.40. The first-order valence-electron chi connectivity index (χ1n) is 13.2. The van der Waals surface area contributed by atoms with Crippen molar-refractivity contribution in [3.05, 3.63) is 59.2 Å². The first-order valence-corrected chi connectivity index (χ1v) is 13.2. The molecule has 3 aromatic rings. The van der Waals surface area contributed by atoms with Gasteiger partial charge in [-0.3, -0.25) is 0 Å². The summed E-state index contributed by atoms with van der Waals surface area (Å²) < 4.78 is 80.9. The average molecular weight is 566 g/mol. The number of aromatic nitrogens is 4. The molecule has 0 radical (unpaired) electrons. The zero-order chi connectivity index (χ0) is 28.5. The van der Waals surface area contributed by atoms with Crippen molar-refractivity contribution in [3.63, 3.8) is 0 Å². The molecule has 1 atom stereocenters. The van der Waals surface area contributed by atoms with Crippen molar-refractivity contribution in [1.29, 1.82) is 0 Å². The molecule has 5 rings (SSSR count). The lowest BCUT2D eigenvalue weighted by atomic mass is 9.83. The van der Waals surface area contributed by atoms with Crippen LogP contribution in [0, 0.1) is 5.92 Å². The molecular formula is C27H29F6N7. The van der Waals surface area contributed by atoms with Crippen LogP contribution in [0.2, 0.25) is 0 Å². The third-order valence-electron chi connectivity index (χ3n) is 7.59. The number of hydrogen-bond acceptors (Lipinski definition) is 7. The second-order valence-corrected chi connectivity index (χ2v) is 10.3. The molecule has 3 aromatic heterocycles. The first-order chi connectivity index (χ1) is 19.0. The topological polar surface area (TPSA) is 92.8 Å². The molecule has 1 aliphatic heterocycles. The summed E-state index contributed by atoms with van der Waals surface area (Å²) in [4.78, 5) is 18.1. The number of nitrogens with one attached hydrogen (secondary N) is 1. The van der Waals surface area contributed by atoms with Gasteiger partial charge in [-0.25, -0.2) is 15.0 Å². The third kappa shape index (κ3) is 6.23. The van der Waals surface area contributed by atoms with Crippen LogP contribution in [0.15, 0.2) is 36.7 Å². The Labute approximate surface area is 227 Å². The molecule has 1 saturated carbocycles. The largest absolute Gasteiger partial charge is 0.433 e. The van der Waals surface area contributed by atoms with Gasteiger partial charge in [-0.15, -0.1) is 0 Å². The van der Waals surface area contributed by atoms with Crippen LogP contribution in [0.1, 0.15) is 61.0 Å². The van der Waals surface area contributed by atoms with Gasteiger partial charge >= 0.3 is 12.4 Å². The van der Waals surface area contributed by atoms with Gasteiger partial charge in [0.1, 0.15) is 17.3 Å². The van der Waals surface area contributed by atoms with Crippen LogP contribution < -0.4 is 16.0 Å². The number of nitrogen functional groups attached to an aromatic ring is 1. The normalized spacial score (nSPS) is 18.8. The quantitative estimate of drug-likeness (QED) is 0.338. The highest BCUT2D eigenvalue weighted by molar-refractivity contribution is 5.62.